The van der Waals surface area contributed by atoms with E-state index in [1.54, 1.807) is 55.6 Å². The van der Waals surface area contributed by atoms with E-state index >= 15 is 0 Å². The molecule has 0 radical (unpaired) electrons. The van der Waals surface area contributed by atoms with Crippen LogP contribution in [0, 0.1) is 0 Å². The Morgan fingerprint density at radius 1 is 1.09 bits per heavy atom. The highest BCUT2D eigenvalue weighted by molar-refractivity contribution is 5.92. The van der Waals surface area contributed by atoms with Gasteiger partial charge in [0.1, 0.15) is 0 Å². The van der Waals surface area contributed by atoms with Crippen molar-refractivity contribution < 1.29 is 19.1 Å². The molecule has 0 spiro atoms. The van der Waals surface area contributed by atoms with Gasteiger partial charge in [0.05, 0.1) is 12.2 Å². The molecule has 0 aromatic heterocycles. The maximum absolute atomic E-state index is 12.2. The number of esters is 1. The summed E-state index contributed by atoms with van der Waals surface area (Å²) in [4.78, 5) is 23.8. The average Bonchev–Trinajstić information content (AvgIpc) is 2.53. The van der Waals surface area contributed by atoms with Crippen molar-refractivity contribution in [3.8, 4) is 0 Å². The molecule has 2 aromatic carbocycles. The first kappa shape index (κ1) is 15.7. The molecule has 22 heavy (non-hydrogen) atoms. The minimum atomic E-state index is -1.11. The van der Waals surface area contributed by atoms with E-state index in [0.29, 0.717) is 17.7 Å². The molecule has 0 aliphatic rings. The van der Waals surface area contributed by atoms with Crippen molar-refractivity contribution in [3.05, 3.63) is 71.3 Å². The number of methoxy groups -OCH3 is 1. The molecule has 0 fully saturated rings. The predicted octanol–water partition coefficient (Wildman–Crippen LogP) is 2.22. The molecule has 1 amide bonds. The summed E-state index contributed by atoms with van der Waals surface area (Å²) in [6.45, 7) is 0.388. The van der Waals surface area contributed by atoms with Crippen molar-refractivity contribution in [1.29, 1.82) is 0 Å². The van der Waals surface area contributed by atoms with Gasteiger partial charge in [-0.1, -0.05) is 42.5 Å². The van der Waals surface area contributed by atoms with Gasteiger partial charge in [-0.2, -0.15) is 0 Å². The van der Waals surface area contributed by atoms with E-state index in [0.717, 1.165) is 5.56 Å². The van der Waals surface area contributed by atoms with Crippen molar-refractivity contribution >= 4 is 11.9 Å². The summed E-state index contributed by atoms with van der Waals surface area (Å²) in [5, 5.41) is 0. The van der Waals surface area contributed by atoms with E-state index in [2.05, 4.69) is 0 Å². The van der Waals surface area contributed by atoms with Crippen LogP contribution >= 0.6 is 0 Å². The first-order valence-electron chi connectivity index (χ1n) is 6.75. The maximum atomic E-state index is 12.2. The number of carbonyl (C=O) groups excluding carboxylic acids is 2. The van der Waals surface area contributed by atoms with E-state index in [4.69, 9.17) is 15.2 Å². The minimum Gasteiger partial charge on any atom is -0.444 e. The fourth-order valence-electron chi connectivity index (χ4n) is 2.05. The average molecular weight is 299 g/mol. The number of amides is 1. The number of primary amides is 1. The molecule has 2 N–H and O–H groups in total. The smallest absolute Gasteiger partial charge is 0.339 e. The molecule has 0 heterocycles. The van der Waals surface area contributed by atoms with Crippen molar-refractivity contribution in [2.24, 2.45) is 5.73 Å². The summed E-state index contributed by atoms with van der Waals surface area (Å²) in [7, 11) is 1.57. The molecule has 0 unspecified atom stereocenters. The molecule has 5 heteroatoms. The van der Waals surface area contributed by atoms with Crippen molar-refractivity contribution in [2.75, 3.05) is 7.11 Å². The Hall–Kier alpha value is -2.66. The normalized spacial score (nSPS) is 11.7. The van der Waals surface area contributed by atoms with Gasteiger partial charge in [0.15, 0.2) is 0 Å². The van der Waals surface area contributed by atoms with Crippen LogP contribution in [0.4, 0.5) is 0 Å². The van der Waals surface area contributed by atoms with Crippen LogP contribution in [0.25, 0.3) is 0 Å². The zero-order valence-corrected chi connectivity index (χ0v) is 12.2. The van der Waals surface area contributed by atoms with Crippen LogP contribution in [0.3, 0.4) is 0 Å². The van der Waals surface area contributed by atoms with Crippen LogP contribution in [0.15, 0.2) is 54.6 Å². The quantitative estimate of drug-likeness (QED) is 0.829. The van der Waals surface area contributed by atoms with E-state index < -0.39 is 18.0 Å². The molecule has 0 aliphatic carbocycles. The number of ether oxygens (including phenoxy) is 2. The van der Waals surface area contributed by atoms with Gasteiger partial charge in [-0.3, -0.25) is 4.79 Å². The van der Waals surface area contributed by atoms with Gasteiger partial charge in [0, 0.05) is 12.7 Å². The van der Waals surface area contributed by atoms with Gasteiger partial charge in [-0.05, 0) is 17.7 Å². The summed E-state index contributed by atoms with van der Waals surface area (Å²) in [5.74, 6) is -1.32. The maximum Gasteiger partial charge on any atom is 0.339 e. The first-order valence-corrected chi connectivity index (χ1v) is 6.75. The lowest BCUT2D eigenvalue weighted by Crippen LogP contribution is -2.26. The topological polar surface area (TPSA) is 78.6 Å². The Kier molecular flexibility index (Phi) is 5.27. The van der Waals surface area contributed by atoms with Crippen LogP contribution in [-0.2, 0) is 20.9 Å². The predicted molar refractivity (Wildman–Crippen MR) is 80.9 cm³/mol. The Morgan fingerprint density at radius 2 is 1.82 bits per heavy atom. The molecule has 0 saturated carbocycles. The van der Waals surface area contributed by atoms with Crippen molar-refractivity contribution in [1.82, 2.24) is 0 Å². The Bertz CT molecular complexity index is 655. The van der Waals surface area contributed by atoms with Gasteiger partial charge >= 0.3 is 5.97 Å². The van der Waals surface area contributed by atoms with Crippen molar-refractivity contribution in [2.45, 2.75) is 12.7 Å². The SMILES string of the molecule is COCc1cccc(C(=O)O[C@H](C(N)=O)c2ccccc2)c1. The molecule has 0 saturated heterocycles. The molecule has 5 nitrogen and oxygen atoms in total. The third-order valence-electron chi connectivity index (χ3n) is 3.06. The summed E-state index contributed by atoms with van der Waals surface area (Å²) in [5.41, 5.74) is 7.06. The van der Waals surface area contributed by atoms with Crippen LogP contribution in [0.2, 0.25) is 0 Å². The second-order valence-electron chi connectivity index (χ2n) is 4.73. The third kappa shape index (κ3) is 3.93. The van der Waals surface area contributed by atoms with Gasteiger partial charge in [-0.15, -0.1) is 0 Å². The Balaban J connectivity index is 2.18. The summed E-state index contributed by atoms with van der Waals surface area (Å²) >= 11 is 0. The lowest BCUT2D eigenvalue weighted by atomic mass is 10.1. The number of hydrogen-bond donors (Lipinski definition) is 1. The molecule has 114 valence electrons. The monoisotopic (exact) mass is 299 g/mol. The van der Waals surface area contributed by atoms with Gasteiger partial charge in [-0.25, -0.2) is 4.79 Å². The fraction of sp³-hybridized carbons (Fsp3) is 0.176. The largest absolute Gasteiger partial charge is 0.444 e. The van der Waals surface area contributed by atoms with Crippen molar-refractivity contribution in [3.63, 3.8) is 0 Å². The fourth-order valence-corrected chi connectivity index (χ4v) is 2.05. The molecular formula is C17H17NO4. The Labute approximate surface area is 128 Å². The third-order valence-corrected chi connectivity index (χ3v) is 3.06. The summed E-state index contributed by atoms with van der Waals surface area (Å²) in [6.07, 6.45) is -1.11. The number of hydrogen-bond acceptors (Lipinski definition) is 4. The van der Waals surface area contributed by atoms with Crippen LogP contribution in [-0.4, -0.2) is 19.0 Å². The van der Waals surface area contributed by atoms with E-state index in [1.165, 1.54) is 0 Å². The van der Waals surface area contributed by atoms with Gasteiger partial charge in [0.25, 0.3) is 5.91 Å². The van der Waals surface area contributed by atoms with Gasteiger partial charge < -0.3 is 15.2 Å². The number of carbonyl (C=O) groups is 2. The highest BCUT2D eigenvalue weighted by atomic mass is 16.5. The summed E-state index contributed by atoms with van der Waals surface area (Å²) in [6, 6.07) is 15.5. The van der Waals surface area contributed by atoms with E-state index in [1.807, 2.05) is 6.07 Å². The number of benzene rings is 2. The molecule has 2 aromatic rings. The van der Waals surface area contributed by atoms with Crippen LogP contribution in [0.5, 0.6) is 0 Å². The molecule has 0 aliphatic heterocycles. The lowest BCUT2D eigenvalue weighted by molar-refractivity contribution is -0.127. The highest BCUT2D eigenvalue weighted by Gasteiger charge is 2.23. The second-order valence-corrected chi connectivity index (χ2v) is 4.73. The van der Waals surface area contributed by atoms with E-state index in [-0.39, 0.29) is 0 Å². The molecule has 1 atom stereocenters. The van der Waals surface area contributed by atoms with E-state index in [9.17, 15) is 9.59 Å². The summed E-state index contributed by atoms with van der Waals surface area (Å²) < 4.78 is 10.3. The lowest BCUT2D eigenvalue weighted by Gasteiger charge is -2.15. The number of rotatable bonds is 6. The minimum absolute atomic E-state index is 0.344. The highest BCUT2D eigenvalue weighted by Crippen LogP contribution is 2.19. The second kappa shape index (κ2) is 7.38. The van der Waals surface area contributed by atoms with Gasteiger partial charge in [0.2, 0.25) is 6.10 Å². The molecule has 0 bridgehead atoms. The Morgan fingerprint density at radius 3 is 2.45 bits per heavy atom. The van der Waals surface area contributed by atoms with Crippen LogP contribution in [0.1, 0.15) is 27.6 Å². The number of nitrogens with two attached hydrogens (primary N) is 1. The zero-order chi connectivity index (χ0) is 15.9. The van der Waals surface area contributed by atoms with Crippen LogP contribution < -0.4 is 5.73 Å². The molecule has 2 rings (SSSR count). The molecular weight excluding hydrogens is 282 g/mol. The standard InChI is InChI=1S/C17H17NO4/c1-21-11-12-6-5-9-14(10-12)17(20)22-15(16(18)19)13-7-3-2-4-8-13/h2-10,15H,11H2,1H3,(H2,18,19)/t15-/m0/s1. The first-order chi connectivity index (χ1) is 10.6. The zero-order valence-electron chi connectivity index (χ0n) is 12.2.